The Kier molecular flexibility index (Phi) is 5.87. The van der Waals surface area contributed by atoms with E-state index < -0.39 is 0 Å². The molecule has 0 amide bonds. The largest absolute Gasteiger partial charge is 0.310 e. The molecule has 0 heterocycles. The first-order valence-electron chi connectivity index (χ1n) is 12.1. The van der Waals surface area contributed by atoms with Gasteiger partial charge in [-0.2, -0.15) is 0 Å². The van der Waals surface area contributed by atoms with Gasteiger partial charge in [0.15, 0.2) is 0 Å². The van der Waals surface area contributed by atoms with E-state index in [9.17, 15) is 0 Å². The molecule has 0 atom stereocenters. The first-order valence-corrected chi connectivity index (χ1v) is 13.7. The molecule has 2 bridgehead atoms. The standard InChI is InChI=1S/C31H27Br2N/c1-20-18-28(34(26-11-7-24(32)8-12-26)27-13-9-25(33)10-14-27)15-17-29(20)23-6-16-30-21-2-4-22(5-3-21)31(30)19-23/h6-19,21-22H,2-5H2,1H3. The van der Waals surface area contributed by atoms with E-state index in [2.05, 4.69) is 129 Å². The van der Waals surface area contributed by atoms with Gasteiger partial charge in [0.25, 0.3) is 0 Å². The molecule has 0 aliphatic heterocycles. The Morgan fingerprint density at radius 1 is 0.588 bits per heavy atom. The topological polar surface area (TPSA) is 3.24 Å². The third-order valence-electron chi connectivity index (χ3n) is 7.64. The van der Waals surface area contributed by atoms with Crippen LogP contribution >= 0.6 is 31.9 Å². The minimum atomic E-state index is 0.768. The highest BCUT2D eigenvalue weighted by Gasteiger charge is 2.32. The van der Waals surface area contributed by atoms with Crippen molar-refractivity contribution in [3.63, 3.8) is 0 Å². The van der Waals surface area contributed by atoms with Crippen LogP contribution in [0.1, 0.15) is 54.2 Å². The molecule has 3 heteroatoms. The Bertz CT molecular complexity index is 1290. The van der Waals surface area contributed by atoms with Crippen LogP contribution in [-0.2, 0) is 0 Å². The molecule has 1 nitrogen and oxygen atoms in total. The van der Waals surface area contributed by atoms with Gasteiger partial charge < -0.3 is 4.90 Å². The van der Waals surface area contributed by atoms with Gasteiger partial charge >= 0.3 is 0 Å². The molecule has 1 saturated carbocycles. The Morgan fingerprint density at radius 3 is 1.68 bits per heavy atom. The molecule has 1 fully saturated rings. The molecule has 4 aromatic carbocycles. The average Bonchev–Trinajstić information content (AvgIpc) is 2.87. The van der Waals surface area contributed by atoms with E-state index in [4.69, 9.17) is 0 Å². The van der Waals surface area contributed by atoms with Crippen molar-refractivity contribution in [1.82, 2.24) is 0 Å². The molecular formula is C31H27Br2N. The minimum Gasteiger partial charge on any atom is -0.310 e. The Labute approximate surface area is 219 Å². The fraction of sp³-hybridized carbons (Fsp3) is 0.226. The van der Waals surface area contributed by atoms with E-state index in [0.717, 1.165) is 32.2 Å². The second-order valence-corrected chi connectivity index (χ2v) is 11.5. The van der Waals surface area contributed by atoms with Gasteiger partial charge in [-0.3, -0.25) is 0 Å². The number of benzene rings is 4. The van der Waals surface area contributed by atoms with E-state index in [0.29, 0.717) is 0 Å². The Hall–Kier alpha value is -2.36. The highest BCUT2D eigenvalue weighted by atomic mass is 79.9. The van der Waals surface area contributed by atoms with Gasteiger partial charge in [0.2, 0.25) is 0 Å². The highest BCUT2D eigenvalue weighted by molar-refractivity contribution is 9.10. The molecule has 0 unspecified atom stereocenters. The molecule has 0 N–H and O–H groups in total. The fourth-order valence-corrected chi connectivity index (χ4v) is 6.45. The van der Waals surface area contributed by atoms with Crippen LogP contribution in [0.5, 0.6) is 0 Å². The third-order valence-corrected chi connectivity index (χ3v) is 8.70. The van der Waals surface area contributed by atoms with Crippen molar-refractivity contribution in [3.05, 3.63) is 111 Å². The van der Waals surface area contributed by atoms with Crippen molar-refractivity contribution in [1.29, 1.82) is 0 Å². The van der Waals surface area contributed by atoms with Crippen LogP contribution in [0.2, 0.25) is 0 Å². The fourth-order valence-electron chi connectivity index (χ4n) is 5.92. The van der Waals surface area contributed by atoms with Crippen LogP contribution in [-0.4, -0.2) is 0 Å². The first-order chi connectivity index (χ1) is 16.6. The number of hydrogen-bond acceptors (Lipinski definition) is 1. The summed E-state index contributed by atoms with van der Waals surface area (Å²) in [4.78, 5) is 2.32. The predicted molar refractivity (Wildman–Crippen MR) is 151 cm³/mol. The third kappa shape index (κ3) is 4.03. The van der Waals surface area contributed by atoms with Crippen LogP contribution in [0.3, 0.4) is 0 Å². The van der Waals surface area contributed by atoms with E-state index in [1.165, 1.54) is 48.1 Å². The molecule has 0 saturated heterocycles. The average molecular weight is 573 g/mol. The van der Waals surface area contributed by atoms with Crippen LogP contribution in [0.15, 0.2) is 93.9 Å². The Morgan fingerprint density at radius 2 is 1.12 bits per heavy atom. The van der Waals surface area contributed by atoms with Crippen molar-refractivity contribution in [3.8, 4) is 11.1 Å². The smallest absolute Gasteiger partial charge is 0.0464 e. The number of hydrogen-bond donors (Lipinski definition) is 0. The number of nitrogens with zero attached hydrogens (tertiary/aromatic N) is 1. The van der Waals surface area contributed by atoms with Gasteiger partial charge in [-0.25, -0.2) is 0 Å². The van der Waals surface area contributed by atoms with Crippen LogP contribution in [0.4, 0.5) is 17.1 Å². The zero-order chi connectivity index (χ0) is 23.2. The van der Waals surface area contributed by atoms with Gasteiger partial charge in [-0.05, 0) is 133 Å². The maximum atomic E-state index is 3.58. The lowest BCUT2D eigenvalue weighted by Crippen LogP contribution is -2.21. The summed E-state index contributed by atoms with van der Waals surface area (Å²) < 4.78 is 2.17. The molecule has 170 valence electrons. The molecule has 34 heavy (non-hydrogen) atoms. The van der Waals surface area contributed by atoms with Crippen molar-refractivity contribution >= 4 is 48.9 Å². The monoisotopic (exact) mass is 571 g/mol. The van der Waals surface area contributed by atoms with E-state index in [1.54, 1.807) is 11.1 Å². The van der Waals surface area contributed by atoms with Crippen LogP contribution < -0.4 is 4.90 Å². The van der Waals surface area contributed by atoms with Gasteiger partial charge in [-0.1, -0.05) is 56.1 Å². The highest BCUT2D eigenvalue weighted by Crippen LogP contribution is 2.50. The van der Waals surface area contributed by atoms with E-state index in [1.807, 2.05) is 0 Å². The quantitative estimate of drug-likeness (QED) is 0.235. The lowest BCUT2D eigenvalue weighted by atomic mass is 9.66. The second-order valence-electron chi connectivity index (χ2n) is 9.68. The van der Waals surface area contributed by atoms with Gasteiger partial charge in [0, 0.05) is 26.0 Å². The lowest BCUT2D eigenvalue weighted by Gasteiger charge is -2.38. The maximum absolute atomic E-state index is 3.58. The van der Waals surface area contributed by atoms with E-state index >= 15 is 0 Å². The van der Waals surface area contributed by atoms with Crippen molar-refractivity contribution < 1.29 is 0 Å². The summed E-state index contributed by atoms with van der Waals surface area (Å²) in [5.41, 5.74) is 10.7. The van der Waals surface area contributed by atoms with Gasteiger partial charge in [0.1, 0.15) is 0 Å². The van der Waals surface area contributed by atoms with Crippen molar-refractivity contribution in [2.75, 3.05) is 4.90 Å². The summed E-state index contributed by atoms with van der Waals surface area (Å²) in [6.07, 6.45) is 5.50. The number of halogens is 2. The SMILES string of the molecule is Cc1cc(N(c2ccc(Br)cc2)c2ccc(Br)cc2)ccc1-c1ccc2c(c1)C1CCC2CC1. The number of fused-ring (bicyclic) bond motifs is 2. The lowest BCUT2D eigenvalue weighted by molar-refractivity contribution is 0.359. The molecule has 3 aliphatic carbocycles. The normalized spacial score (nSPS) is 18.6. The van der Waals surface area contributed by atoms with E-state index in [-0.39, 0.29) is 0 Å². The van der Waals surface area contributed by atoms with Crippen molar-refractivity contribution in [2.45, 2.75) is 44.4 Å². The molecule has 0 spiro atoms. The molecule has 4 aromatic rings. The number of aryl methyl sites for hydroxylation is 1. The summed E-state index contributed by atoms with van der Waals surface area (Å²) in [5, 5.41) is 0. The summed E-state index contributed by atoms with van der Waals surface area (Å²) in [7, 11) is 0. The summed E-state index contributed by atoms with van der Waals surface area (Å²) in [6.45, 7) is 2.24. The van der Waals surface area contributed by atoms with Gasteiger partial charge in [0.05, 0.1) is 0 Å². The maximum Gasteiger partial charge on any atom is 0.0464 e. The first kappa shape index (κ1) is 22.1. The summed E-state index contributed by atoms with van der Waals surface area (Å²) in [5.74, 6) is 1.56. The number of rotatable bonds is 4. The van der Waals surface area contributed by atoms with Crippen LogP contribution in [0, 0.1) is 6.92 Å². The number of anilines is 3. The second kappa shape index (κ2) is 9.02. The minimum absolute atomic E-state index is 0.768. The molecular weight excluding hydrogens is 546 g/mol. The zero-order valence-corrected chi connectivity index (χ0v) is 22.4. The predicted octanol–water partition coefficient (Wildman–Crippen LogP) is 10.4. The molecule has 3 aliphatic rings. The van der Waals surface area contributed by atoms with Gasteiger partial charge in [-0.15, -0.1) is 0 Å². The molecule has 0 radical (unpaired) electrons. The summed E-state index contributed by atoms with van der Waals surface area (Å²) >= 11 is 7.15. The Balaban J connectivity index is 1.40. The molecule has 0 aromatic heterocycles. The van der Waals surface area contributed by atoms with Crippen molar-refractivity contribution in [2.24, 2.45) is 0 Å². The molecule has 7 rings (SSSR count). The van der Waals surface area contributed by atoms with Crippen LogP contribution in [0.25, 0.3) is 11.1 Å². The zero-order valence-electron chi connectivity index (χ0n) is 19.3. The summed E-state index contributed by atoms with van der Waals surface area (Å²) in [6, 6.07) is 31.2.